The van der Waals surface area contributed by atoms with Crippen LogP contribution < -0.4 is 0 Å². The summed E-state index contributed by atoms with van der Waals surface area (Å²) in [4.78, 5) is 10.9. The molecular weight excluding hydrogens is 192 g/mol. The van der Waals surface area contributed by atoms with Crippen molar-refractivity contribution in [3.05, 3.63) is 35.6 Å². The molecule has 0 spiro atoms. The van der Waals surface area contributed by atoms with Crippen LogP contribution in [0.3, 0.4) is 0 Å². The van der Waals surface area contributed by atoms with E-state index in [4.69, 9.17) is 9.52 Å². The largest absolute Gasteiger partial charge is 0.478 e. The van der Waals surface area contributed by atoms with Crippen molar-refractivity contribution < 1.29 is 14.3 Å². The lowest BCUT2D eigenvalue weighted by atomic mass is 10.1. The third-order valence-electron chi connectivity index (χ3n) is 2.88. The zero-order valence-electron chi connectivity index (χ0n) is 8.06. The van der Waals surface area contributed by atoms with Crippen molar-refractivity contribution >= 4 is 16.9 Å². The molecule has 0 atom stereocenters. The normalized spacial score (nSPS) is 15.7. The van der Waals surface area contributed by atoms with Gasteiger partial charge >= 0.3 is 5.97 Å². The van der Waals surface area contributed by atoms with E-state index < -0.39 is 5.97 Å². The first kappa shape index (κ1) is 8.53. The van der Waals surface area contributed by atoms with Gasteiger partial charge in [0.15, 0.2) is 0 Å². The molecule has 0 bridgehead atoms. The molecule has 1 aromatic carbocycles. The third kappa shape index (κ3) is 1.23. The van der Waals surface area contributed by atoms with Gasteiger partial charge in [-0.3, -0.25) is 0 Å². The van der Waals surface area contributed by atoms with Crippen molar-refractivity contribution in [2.24, 2.45) is 0 Å². The van der Waals surface area contributed by atoms with Gasteiger partial charge in [-0.15, -0.1) is 0 Å². The number of rotatable bonds is 2. The Kier molecular flexibility index (Phi) is 1.63. The Labute approximate surface area is 86.3 Å². The summed E-state index contributed by atoms with van der Waals surface area (Å²) in [6.45, 7) is 0. The molecule has 2 aromatic rings. The highest BCUT2D eigenvalue weighted by Gasteiger charge is 2.28. The zero-order valence-corrected chi connectivity index (χ0v) is 8.06. The summed E-state index contributed by atoms with van der Waals surface area (Å²) in [7, 11) is 0. The summed E-state index contributed by atoms with van der Waals surface area (Å²) in [5.74, 6) is -0.354. The fraction of sp³-hybridized carbons (Fsp3) is 0.250. The minimum absolute atomic E-state index is 0.249. The summed E-state index contributed by atoms with van der Waals surface area (Å²) in [5.41, 5.74) is 1.92. The minimum Gasteiger partial charge on any atom is -0.478 e. The SMILES string of the molecule is O=C(O)c1cccc2c(C3CC3)coc12. The molecule has 1 fully saturated rings. The number of para-hydroxylation sites is 1. The van der Waals surface area contributed by atoms with E-state index in [-0.39, 0.29) is 5.56 Å². The molecule has 1 heterocycles. The Hall–Kier alpha value is -1.77. The van der Waals surface area contributed by atoms with Gasteiger partial charge in [-0.05, 0) is 24.8 Å². The molecule has 0 unspecified atom stereocenters. The Bertz CT molecular complexity index is 535. The Morgan fingerprint density at radius 3 is 2.87 bits per heavy atom. The third-order valence-corrected chi connectivity index (χ3v) is 2.88. The monoisotopic (exact) mass is 202 g/mol. The smallest absolute Gasteiger partial charge is 0.339 e. The average molecular weight is 202 g/mol. The van der Waals surface area contributed by atoms with Crippen LogP contribution in [0, 0.1) is 0 Å². The van der Waals surface area contributed by atoms with Gasteiger partial charge in [0.05, 0.1) is 6.26 Å². The van der Waals surface area contributed by atoms with Crippen LogP contribution in [0.5, 0.6) is 0 Å². The first-order valence-electron chi connectivity index (χ1n) is 5.01. The van der Waals surface area contributed by atoms with Crippen LogP contribution in [0.1, 0.15) is 34.7 Å². The summed E-state index contributed by atoms with van der Waals surface area (Å²) in [6, 6.07) is 5.27. The van der Waals surface area contributed by atoms with Crippen molar-refractivity contribution in [1.29, 1.82) is 0 Å². The van der Waals surface area contributed by atoms with Crippen LogP contribution in [0.15, 0.2) is 28.9 Å². The van der Waals surface area contributed by atoms with Gasteiger partial charge in [0, 0.05) is 10.9 Å². The number of hydrogen-bond acceptors (Lipinski definition) is 2. The van der Waals surface area contributed by atoms with E-state index in [0.717, 1.165) is 10.9 Å². The number of carboxylic acid groups (broad SMARTS) is 1. The molecule has 1 N–H and O–H groups in total. The Balaban J connectivity index is 2.27. The summed E-state index contributed by atoms with van der Waals surface area (Å²) >= 11 is 0. The van der Waals surface area contributed by atoms with Crippen LogP contribution in [0.25, 0.3) is 11.0 Å². The number of furan rings is 1. The van der Waals surface area contributed by atoms with Gasteiger partial charge in [0.1, 0.15) is 11.1 Å². The highest BCUT2D eigenvalue weighted by Crippen LogP contribution is 2.44. The highest BCUT2D eigenvalue weighted by molar-refractivity contribution is 6.02. The standard InChI is InChI=1S/C12H10O3/c13-12(14)9-3-1-2-8-10(7-4-5-7)6-15-11(8)9/h1-3,6-7H,4-5H2,(H,13,14). The molecule has 15 heavy (non-hydrogen) atoms. The predicted molar refractivity (Wildman–Crippen MR) is 55.1 cm³/mol. The fourth-order valence-electron chi connectivity index (χ4n) is 1.96. The second kappa shape index (κ2) is 2.86. The molecule has 3 rings (SSSR count). The molecule has 76 valence electrons. The van der Waals surface area contributed by atoms with Crippen LogP contribution in [-0.4, -0.2) is 11.1 Å². The number of carboxylic acids is 1. The van der Waals surface area contributed by atoms with Crippen molar-refractivity contribution in [2.75, 3.05) is 0 Å². The predicted octanol–water partition coefficient (Wildman–Crippen LogP) is 3.01. The quantitative estimate of drug-likeness (QED) is 0.814. The Morgan fingerprint density at radius 1 is 1.40 bits per heavy atom. The highest BCUT2D eigenvalue weighted by atomic mass is 16.4. The maximum Gasteiger partial charge on any atom is 0.339 e. The molecule has 0 aliphatic heterocycles. The lowest BCUT2D eigenvalue weighted by Gasteiger charge is -1.96. The molecule has 0 saturated heterocycles. The van der Waals surface area contributed by atoms with Crippen molar-refractivity contribution in [2.45, 2.75) is 18.8 Å². The lowest BCUT2D eigenvalue weighted by Crippen LogP contribution is -1.95. The number of aromatic carboxylic acids is 1. The molecular formula is C12H10O3. The van der Waals surface area contributed by atoms with Crippen LogP contribution >= 0.6 is 0 Å². The van der Waals surface area contributed by atoms with Crippen molar-refractivity contribution in [3.8, 4) is 0 Å². The molecule has 3 nitrogen and oxygen atoms in total. The number of carbonyl (C=O) groups is 1. The van der Waals surface area contributed by atoms with Crippen molar-refractivity contribution in [1.82, 2.24) is 0 Å². The van der Waals surface area contributed by atoms with E-state index in [1.807, 2.05) is 6.07 Å². The van der Waals surface area contributed by atoms with Crippen LogP contribution in [-0.2, 0) is 0 Å². The minimum atomic E-state index is -0.933. The zero-order chi connectivity index (χ0) is 10.4. The molecule has 0 radical (unpaired) electrons. The molecule has 1 aliphatic carbocycles. The number of benzene rings is 1. The molecule has 3 heteroatoms. The maximum absolute atomic E-state index is 10.9. The summed E-state index contributed by atoms with van der Waals surface area (Å²) < 4.78 is 5.36. The first-order chi connectivity index (χ1) is 7.27. The van der Waals surface area contributed by atoms with Gasteiger partial charge in [-0.1, -0.05) is 12.1 Å². The molecule has 1 aromatic heterocycles. The van der Waals surface area contributed by atoms with Crippen molar-refractivity contribution in [3.63, 3.8) is 0 Å². The van der Waals surface area contributed by atoms with Gasteiger partial charge in [0.2, 0.25) is 0 Å². The van der Waals surface area contributed by atoms with E-state index in [0.29, 0.717) is 11.5 Å². The van der Waals surface area contributed by atoms with E-state index in [2.05, 4.69) is 0 Å². The summed E-state index contributed by atoms with van der Waals surface area (Å²) in [5, 5.41) is 9.94. The van der Waals surface area contributed by atoms with E-state index >= 15 is 0 Å². The van der Waals surface area contributed by atoms with E-state index in [1.54, 1.807) is 18.4 Å². The second-order valence-electron chi connectivity index (χ2n) is 3.95. The lowest BCUT2D eigenvalue weighted by molar-refractivity contribution is 0.0698. The van der Waals surface area contributed by atoms with Gasteiger partial charge in [-0.25, -0.2) is 4.79 Å². The fourth-order valence-corrected chi connectivity index (χ4v) is 1.96. The van der Waals surface area contributed by atoms with Crippen LogP contribution in [0.2, 0.25) is 0 Å². The Morgan fingerprint density at radius 2 is 2.20 bits per heavy atom. The van der Waals surface area contributed by atoms with Crippen LogP contribution in [0.4, 0.5) is 0 Å². The average Bonchev–Trinajstić information content (AvgIpc) is 2.97. The number of hydrogen-bond donors (Lipinski definition) is 1. The molecule has 1 saturated carbocycles. The van der Waals surface area contributed by atoms with Gasteiger partial charge in [-0.2, -0.15) is 0 Å². The number of fused-ring (bicyclic) bond motifs is 1. The topological polar surface area (TPSA) is 50.4 Å². The summed E-state index contributed by atoms with van der Waals surface area (Å²) in [6.07, 6.45) is 4.08. The molecule has 1 aliphatic rings. The second-order valence-corrected chi connectivity index (χ2v) is 3.95. The van der Waals surface area contributed by atoms with Gasteiger partial charge in [0.25, 0.3) is 0 Å². The molecule has 0 amide bonds. The van der Waals surface area contributed by atoms with Gasteiger partial charge < -0.3 is 9.52 Å². The van der Waals surface area contributed by atoms with E-state index in [1.165, 1.54) is 12.8 Å². The van der Waals surface area contributed by atoms with E-state index in [9.17, 15) is 4.79 Å². The first-order valence-corrected chi connectivity index (χ1v) is 5.01. The maximum atomic E-state index is 10.9.